The molecule has 0 bridgehead atoms. The van der Waals surface area contributed by atoms with Crippen LogP contribution in [0.25, 0.3) is 0 Å². The topological polar surface area (TPSA) is 66.8 Å². The van der Waals surface area contributed by atoms with Crippen molar-refractivity contribution < 1.29 is 19.4 Å². The van der Waals surface area contributed by atoms with Crippen molar-refractivity contribution in [3.05, 3.63) is 0 Å². The molecule has 1 amide bonds. The Morgan fingerprint density at radius 1 is 1.33 bits per heavy atom. The highest BCUT2D eigenvalue weighted by molar-refractivity contribution is 5.91. The minimum absolute atomic E-state index is 0.0117. The summed E-state index contributed by atoms with van der Waals surface area (Å²) in [5, 5.41) is 9.18. The first-order valence-electron chi connectivity index (χ1n) is 7.88. The van der Waals surface area contributed by atoms with Gasteiger partial charge in [0, 0.05) is 19.7 Å². The van der Waals surface area contributed by atoms with E-state index in [1.165, 1.54) is 0 Å². The quantitative estimate of drug-likeness (QED) is 0.814. The monoisotopic (exact) mass is 297 g/mol. The van der Waals surface area contributed by atoms with Crippen molar-refractivity contribution in [1.29, 1.82) is 0 Å². The number of carbonyl (C=O) groups is 2. The Kier molecular flexibility index (Phi) is 4.61. The summed E-state index contributed by atoms with van der Waals surface area (Å²) in [5.74, 6) is -1.16. The lowest BCUT2D eigenvalue weighted by molar-refractivity contribution is -0.141. The van der Waals surface area contributed by atoms with E-state index < -0.39 is 17.3 Å². The van der Waals surface area contributed by atoms with E-state index in [2.05, 4.69) is 13.8 Å². The maximum Gasteiger partial charge on any atom is 0.307 e. The predicted octanol–water partition coefficient (Wildman–Crippen LogP) is 2.01. The molecule has 0 spiro atoms. The molecule has 5 nitrogen and oxygen atoms in total. The average Bonchev–Trinajstić information content (AvgIpc) is 2.72. The van der Waals surface area contributed by atoms with Crippen molar-refractivity contribution >= 4 is 11.9 Å². The normalized spacial score (nSPS) is 30.7. The van der Waals surface area contributed by atoms with Crippen LogP contribution in [-0.4, -0.2) is 47.7 Å². The summed E-state index contributed by atoms with van der Waals surface area (Å²) in [4.78, 5) is 25.4. The highest BCUT2D eigenvalue weighted by atomic mass is 16.5. The molecule has 1 aliphatic heterocycles. The molecule has 5 heteroatoms. The molecule has 1 saturated carbocycles. The molecule has 1 aliphatic carbocycles. The van der Waals surface area contributed by atoms with Gasteiger partial charge in [-0.1, -0.05) is 27.7 Å². The van der Waals surface area contributed by atoms with Gasteiger partial charge in [-0.3, -0.25) is 9.59 Å². The van der Waals surface area contributed by atoms with E-state index in [0.29, 0.717) is 19.0 Å². The first kappa shape index (κ1) is 16.3. The minimum Gasteiger partial charge on any atom is -0.481 e. The summed E-state index contributed by atoms with van der Waals surface area (Å²) in [6, 6.07) is 0. The molecule has 2 aliphatic rings. The van der Waals surface area contributed by atoms with Crippen LogP contribution in [0.4, 0.5) is 0 Å². The molecule has 0 aromatic rings. The smallest absolute Gasteiger partial charge is 0.307 e. The third-order valence-corrected chi connectivity index (χ3v) is 4.86. The second kappa shape index (κ2) is 5.95. The number of aliphatic carboxylic acids is 1. The maximum absolute atomic E-state index is 12.5. The van der Waals surface area contributed by atoms with Gasteiger partial charge in [-0.05, 0) is 24.2 Å². The SMILES string of the molecule is CC(C)CCOC1CCN(C(=O)[C@@H]2[C@H](C(=O)O)C2(C)C)C1. The molecule has 2 fully saturated rings. The number of carboxylic acid groups (broad SMARTS) is 1. The molecule has 1 heterocycles. The van der Waals surface area contributed by atoms with E-state index in [-0.39, 0.29) is 17.9 Å². The largest absolute Gasteiger partial charge is 0.481 e. The van der Waals surface area contributed by atoms with E-state index in [9.17, 15) is 14.7 Å². The number of ether oxygens (including phenoxy) is 1. The summed E-state index contributed by atoms with van der Waals surface area (Å²) < 4.78 is 5.81. The summed E-state index contributed by atoms with van der Waals surface area (Å²) in [5.41, 5.74) is -0.417. The number of likely N-dealkylation sites (tertiary alicyclic amines) is 1. The fourth-order valence-corrected chi connectivity index (χ4v) is 3.29. The van der Waals surface area contributed by atoms with Gasteiger partial charge < -0.3 is 14.7 Å². The molecule has 1 saturated heterocycles. The van der Waals surface area contributed by atoms with Gasteiger partial charge in [0.15, 0.2) is 0 Å². The number of carboxylic acids is 1. The standard InChI is InChI=1S/C16H27NO4/c1-10(2)6-8-21-11-5-7-17(9-11)14(18)12-13(15(19)20)16(12,3)4/h10-13H,5-9H2,1-4H3,(H,19,20)/t11?,12-,13+/m0/s1. The maximum atomic E-state index is 12.5. The van der Waals surface area contributed by atoms with E-state index in [4.69, 9.17) is 4.74 Å². The Morgan fingerprint density at radius 2 is 2.00 bits per heavy atom. The third-order valence-electron chi connectivity index (χ3n) is 4.86. The first-order valence-corrected chi connectivity index (χ1v) is 7.88. The molecule has 2 rings (SSSR count). The number of carbonyl (C=O) groups excluding carboxylic acids is 1. The molecule has 21 heavy (non-hydrogen) atoms. The van der Waals surface area contributed by atoms with Gasteiger partial charge in [0.25, 0.3) is 0 Å². The van der Waals surface area contributed by atoms with Crippen molar-refractivity contribution in [2.24, 2.45) is 23.2 Å². The molecule has 0 radical (unpaired) electrons. The molecule has 1 N–H and O–H groups in total. The molecular weight excluding hydrogens is 270 g/mol. The van der Waals surface area contributed by atoms with Gasteiger partial charge in [-0.2, -0.15) is 0 Å². The van der Waals surface area contributed by atoms with Gasteiger partial charge in [0.1, 0.15) is 0 Å². The predicted molar refractivity (Wildman–Crippen MR) is 78.8 cm³/mol. The van der Waals surface area contributed by atoms with E-state index in [1.807, 2.05) is 13.8 Å². The van der Waals surface area contributed by atoms with Crippen molar-refractivity contribution in [3.8, 4) is 0 Å². The minimum atomic E-state index is -0.859. The van der Waals surface area contributed by atoms with E-state index in [1.54, 1.807) is 4.90 Å². The zero-order valence-electron chi connectivity index (χ0n) is 13.5. The second-order valence-electron chi connectivity index (χ2n) is 7.36. The number of hydrogen-bond acceptors (Lipinski definition) is 3. The van der Waals surface area contributed by atoms with Gasteiger partial charge in [-0.15, -0.1) is 0 Å². The van der Waals surface area contributed by atoms with Crippen molar-refractivity contribution in [2.75, 3.05) is 19.7 Å². The Morgan fingerprint density at radius 3 is 2.52 bits per heavy atom. The van der Waals surface area contributed by atoms with Crippen LogP contribution in [0.1, 0.15) is 40.5 Å². The van der Waals surface area contributed by atoms with Crippen LogP contribution in [0, 0.1) is 23.2 Å². The highest BCUT2D eigenvalue weighted by Gasteiger charge is 2.66. The number of hydrogen-bond donors (Lipinski definition) is 1. The lowest BCUT2D eigenvalue weighted by Gasteiger charge is -2.18. The summed E-state index contributed by atoms with van der Waals surface area (Å²) >= 11 is 0. The van der Waals surface area contributed by atoms with Gasteiger partial charge in [-0.25, -0.2) is 0 Å². The molecule has 120 valence electrons. The molecule has 1 unspecified atom stereocenters. The van der Waals surface area contributed by atoms with Crippen molar-refractivity contribution in [3.63, 3.8) is 0 Å². The van der Waals surface area contributed by atoms with Crippen LogP contribution in [-0.2, 0) is 14.3 Å². The second-order valence-corrected chi connectivity index (χ2v) is 7.36. The van der Waals surface area contributed by atoms with Gasteiger partial charge in [0.2, 0.25) is 5.91 Å². The lowest BCUT2D eigenvalue weighted by Crippen LogP contribution is -2.33. The average molecular weight is 297 g/mol. The van der Waals surface area contributed by atoms with Crippen LogP contribution in [0.3, 0.4) is 0 Å². The van der Waals surface area contributed by atoms with Gasteiger partial charge in [0.05, 0.1) is 17.9 Å². The Labute approximate surface area is 126 Å². The third kappa shape index (κ3) is 3.39. The zero-order chi connectivity index (χ0) is 15.8. The summed E-state index contributed by atoms with van der Waals surface area (Å²) in [7, 11) is 0. The van der Waals surface area contributed by atoms with Crippen molar-refractivity contribution in [1.82, 2.24) is 4.90 Å². The zero-order valence-corrected chi connectivity index (χ0v) is 13.5. The van der Waals surface area contributed by atoms with Crippen LogP contribution >= 0.6 is 0 Å². The Bertz CT molecular complexity index is 419. The van der Waals surface area contributed by atoms with Gasteiger partial charge >= 0.3 is 5.97 Å². The fourth-order valence-electron chi connectivity index (χ4n) is 3.29. The summed E-state index contributed by atoms with van der Waals surface area (Å²) in [6.45, 7) is 10.1. The molecule has 0 aromatic heterocycles. The highest BCUT2D eigenvalue weighted by Crippen LogP contribution is 2.59. The Balaban J connectivity index is 1.82. The van der Waals surface area contributed by atoms with Crippen molar-refractivity contribution in [2.45, 2.75) is 46.6 Å². The number of nitrogens with zero attached hydrogens (tertiary/aromatic N) is 1. The lowest BCUT2D eigenvalue weighted by atomic mass is 10.1. The molecule has 0 aromatic carbocycles. The fraction of sp³-hybridized carbons (Fsp3) is 0.875. The molecular formula is C16H27NO4. The van der Waals surface area contributed by atoms with E-state index >= 15 is 0 Å². The molecule has 3 atom stereocenters. The number of rotatable bonds is 6. The van der Waals surface area contributed by atoms with Crippen LogP contribution < -0.4 is 0 Å². The number of amides is 1. The van der Waals surface area contributed by atoms with Crippen LogP contribution in [0.15, 0.2) is 0 Å². The summed E-state index contributed by atoms with van der Waals surface area (Å²) in [6.07, 6.45) is 1.99. The first-order chi connectivity index (χ1) is 9.75. The van der Waals surface area contributed by atoms with Crippen LogP contribution in [0.2, 0.25) is 0 Å². The van der Waals surface area contributed by atoms with Crippen LogP contribution in [0.5, 0.6) is 0 Å². The van der Waals surface area contributed by atoms with E-state index in [0.717, 1.165) is 19.4 Å². The Hall–Kier alpha value is -1.10.